The van der Waals surface area contributed by atoms with Gasteiger partial charge in [0.1, 0.15) is 11.6 Å². The maximum absolute atomic E-state index is 12.5. The second-order valence-electron chi connectivity index (χ2n) is 5.80. The Morgan fingerprint density at radius 2 is 1.88 bits per heavy atom. The summed E-state index contributed by atoms with van der Waals surface area (Å²) in [6.07, 6.45) is 3.96. The number of pyridine rings is 1. The molecule has 1 aliphatic heterocycles. The lowest BCUT2D eigenvalue weighted by Crippen LogP contribution is -2.49. The van der Waals surface area contributed by atoms with Gasteiger partial charge in [0.05, 0.1) is 5.56 Å². The van der Waals surface area contributed by atoms with Gasteiger partial charge < -0.3 is 14.8 Å². The highest BCUT2D eigenvalue weighted by molar-refractivity contribution is 5.73. The van der Waals surface area contributed by atoms with E-state index in [-0.39, 0.29) is 11.5 Å². The van der Waals surface area contributed by atoms with Gasteiger partial charge in [-0.2, -0.15) is 0 Å². The van der Waals surface area contributed by atoms with Gasteiger partial charge in [-0.15, -0.1) is 0 Å². The normalized spacial score (nSPS) is 14.8. The monoisotopic (exact) mass is 327 g/mol. The van der Waals surface area contributed by atoms with Gasteiger partial charge in [0, 0.05) is 51.1 Å². The molecule has 3 rings (SSSR count). The van der Waals surface area contributed by atoms with Crippen LogP contribution in [-0.2, 0) is 11.2 Å². The minimum Gasteiger partial charge on any atom is -0.353 e. The van der Waals surface area contributed by atoms with Crippen LogP contribution in [0.2, 0.25) is 0 Å². The van der Waals surface area contributed by atoms with Crippen molar-refractivity contribution in [3.8, 4) is 11.4 Å². The van der Waals surface area contributed by atoms with Crippen LogP contribution in [0.4, 0.5) is 5.82 Å². The zero-order valence-corrected chi connectivity index (χ0v) is 14.0. The SMILES string of the molecule is CCc1c(N2CCN(C(C)=O)CC2)nc(-c2ccncc2)[nH]c1=O. The number of hydrogen-bond donors (Lipinski definition) is 1. The predicted molar refractivity (Wildman–Crippen MR) is 91.9 cm³/mol. The number of carbonyl (C=O) groups is 1. The number of nitrogens with zero attached hydrogens (tertiary/aromatic N) is 4. The molecule has 0 aliphatic carbocycles. The van der Waals surface area contributed by atoms with Crippen LogP contribution < -0.4 is 10.5 Å². The zero-order valence-electron chi connectivity index (χ0n) is 14.0. The molecule has 0 unspecified atom stereocenters. The average Bonchev–Trinajstić information content (AvgIpc) is 2.62. The first-order valence-corrected chi connectivity index (χ1v) is 8.14. The molecule has 7 heteroatoms. The summed E-state index contributed by atoms with van der Waals surface area (Å²) in [5.74, 6) is 1.35. The number of hydrogen-bond acceptors (Lipinski definition) is 5. The fraction of sp³-hybridized carbons (Fsp3) is 0.412. The molecular formula is C17H21N5O2. The highest BCUT2D eigenvalue weighted by Crippen LogP contribution is 2.21. The topological polar surface area (TPSA) is 82.2 Å². The molecule has 126 valence electrons. The van der Waals surface area contributed by atoms with Crippen molar-refractivity contribution in [1.82, 2.24) is 19.9 Å². The highest BCUT2D eigenvalue weighted by atomic mass is 16.2. The molecule has 1 saturated heterocycles. The standard InChI is InChI=1S/C17H21N5O2/c1-3-14-16(22-10-8-21(9-11-22)12(2)23)19-15(20-17(14)24)13-4-6-18-7-5-13/h4-7H,3,8-11H2,1-2H3,(H,19,20,24). The van der Waals surface area contributed by atoms with Crippen LogP contribution in [0.15, 0.2) is 29.3 Å². The maximum Gasteiger partial charge on any atom is 0.256 e. The Morgan fingerprint density at radius 3 is 2.46 bits per heavy atom. The third kappa shape index (κ3) is 3.15. The molecule has 0 atom stereocenters. The molecular weight excluding hydrogens is 306 g/mol. The molecule has 1 aliphatic rings. The lowest BCUT2D eigenvalue weighted by Gasteiger charge is -2.35. The van der Waals surface area contributed by atoms with Crippen molar-refractivity contribution in [2.75, 3.05) is 31.1 Å². The molecule has 0 radical (unpaired) electrons. The number of carbonyl (C=O) groups excluding carboxylic acids is 1. The molecule has 24 heavy (non-hydrogen) atoms. The van der Waals surface area contributed by atoms with Gasteiger partial charge in [0.2, 0.25) is 5.91 Å². The number of aromatic nitrogens is 3. The summed E-state index contributed by atoms with van der Waals surface area (Å²) in [5, 5.41) is 0. The second kappa shape index (κ2) is 6.82. The van der Waals surface area contributed by atoms with Crippen molar-refractivity contribution in [3.05, 3.63) is 40.4 Å². The zero-order chi connectivity index (χ0) is 17.1. The Balaban J connectivity index is 1.96. The molecule has 0 aromatic carbocycles. The van der Waals surface area contributed by atoms with E-state index in [9.17, 15) is 9.59 Å². The Labute approximate surface area is 140 Å². The second-order valence-corrected chi connectivity index (χ2v) is 5.80. The van der Waals surface area contributed by atoms with Gasteiger partial charge in [-0.05, 0) is 18.6 Å². The minimum atomic E-state index is -0.108. The maximum atomic E-state index is 12.5. The van der Waals surface area contributed by atoms with Crippen LogP contribution in [0.25, 0.3) is 11.4 Å². The molecule has 3 heterocycles. The number of rotatable bonds is 3. The smallest absolute Gasteiger partial charge is 0.256 e. The Bertz CT molecular complexity index is 779. The molecule has 2 aromatic heterocycles. The van der Waals surface area contributed by atoms with Crippen LogP contribution in [-0.4, -0.2) is 51.9 Å². The predicted octanol–water partition coefficient (Wildman–Crippen LogP) is 1.06. The third-order valence-corrected chi connectivity index (χ3v) is 4.33. The Hall–Kier alpha value is -2.70. The van der Waals surface area contributed by atoms with Gasteiger partial charge in [-0.3, -0.25) is 14.6 Å². The summed E-state index contributed by atoms with van der Waals surface area (Å²) < 4.78 is 0. The van der Waals surface area contributed by atoms with Crippen molar-refractivity contribution in [1.29, 1.82) is 0 Å². The van der Waals surface area contributed by atoms with Crippen molar-refractivity contribution in [2.24, 2.45) is 0 Å². The fourth-order valence-corrected chi connectivity index (χ4v) is 2.95. The quantitative estimate of drug-likeness (QED) is 0.911. The molecule has 0 bridgehead atoms. The summed E-state index contributed by atoms with van der Waals surface area (Å²) in [6, 6.07) is 3.64. The number of aromatic amines is 1. The number of anilines is 1. The van der Waals surface area contributed by atoms with Gasteiger partial charge in [-0.1, -0.05) is 6.92 Å². The largest absolute Gasteiger partial charge is 0.353 e. The van der Waals surface area contributed by atoms with Crippen molar-refractivity contribution in [3.63, 3.8) is 0 Å². The highest BCUT2D eigenvalue weighted by Gasteiger charge is 2.23. The minimum absolute atomic E-state index is 0.0849. The van der Waals surface area contributed by atoms with Crippen molar-refractivity contribution >= 4 is 11.7 Å². The van der Waals surface area contributed by atoms with Crippen LogP contribution in [0, 0.1) is 0 Å². The first-order valence-electron chi connectivity index (χ1n) is 8.14. The van der Waals surface area contributed by atoms with Crippen molar-refractivity contribution < 1.29 is 4.79 Å². The molecule has 2 aromatic rings. The Kier molecular flexibility index (Phi) is 4.59. The molecule has 0 saturated carbocycles. The summed E-state index contributed by atoms with van der Waals surface area (Å²) in [6.45, 7) is 6.20. The van der Waals surface area contributed by atoms with E-state index in [1.165, 1.54) is 0 Å². The summed E-state index contributed by atoms with van der Waals surface area (Å²) in [5.41, 5.74) is 1.40. The van der Waals surface area contributed by atoms with Crippen LogP contribution in [0.1, 0.15) is 19.4 Å². The van der Waals surface area contributed by atoms with E-state index < -0.39 is 0 Å². The average molecular weight is 327 g/mol. The van der Waals surface area contributed by atoms with Crippen molar-refractivity contribution in [2.45, 2.75) is 20.3 Å². The van der Waals surface area contributed by atoms with E-state index in [2.05, 4.69) is 14.9 Å². The number of amides is 1. The Morgan fingerprint density at radius 1 is 1.21 bits per heavy atom. The van der Waals surface area contributed by atoms with Gasteiger partial charge >= 0.3 is 0 Å². The summed E-state index contributed by atoms with van der Waals surface area (Å²) >= 11 is 0. The van der Waals surface area contributed by atoms with Crippen LogP contribution >= 0.6 is 0 Å². The van der Waals surface area contributed by atoms with Gasteiger partial charge in [0.25, 0.3) is 5.56 Å². The lowest BCUT2D eigenvalue weighted by atomic mass is 10.2. The lowest BCUT2D eigenvalue weighted by molar-refractivity contribution is -0.129. The first-order chi connectivity index (χ1) is 11.6. The van der Waals surface area contributed by atoms with E-state index >= 15 is 0 Å². The van der Waals surface area contributed by atoms with Gasteiger partial charge in [-0.25, -0.2) is 4.98 Å². The number of nitrogens with one attached hydrogen (secondary N) is 1. The number of piperazine rings is 1. The number of H-pyrrole nitrogens is 1. The molecule has 1 amide bonds. The van der Waals surface area contributed by atoms with E-state index in [1.54, 1.807) is 19.3 Å². The fourth-order valence-electron chi connectivity index (χ4n) is 2.95. The third-order valence-electron chi connectivity index (χ3n) is 4.33. The molecule has 7 nitrogen and oxygen atoms in total. The summed E-state index contributed by atoms with van der Waals surface area (Å²) in [4.78, 5) is 39.4. The van der Waals surface area contributed by atoms with Crippen LogP contribution in [0.5, 0.6) is 0 Å². The van der Waals surface area contributed by atoms with E-state index in [1.807, 2.05) is 24.0 Å². The molecule has 1 N–H and O–H groups in total. The van der Waals surface area contributed by atoms with E-state index in [0.717, 1.165) is 11.4 Å². The molecule has 1 fully saturated rings. The first kappa shape index (κ1) is 16.2. The summed E-state index contributed by atoms with van der Waals surface area (Å²) in [7, 11) is 0. The van der Waals surface area contributed by atoms with E-state index in [4.69, 9.17) is 4.98 Å². The molecule has 0 spiro atoms. The van der Waals surface area contributed by atoms with Crippen LogP contribution in [0.3, 0.4) is 0 Å². The van der Waals surface area contributed by atoms with E-state index in [0.29, 0.717) is 44.0 Å². The van der Waals surface area contributed by atoms with Gasteiger partial charge in [0.15, 0.2) is 0 Å².